The highest BCUT2D eigenvalue weighted by atomic mass is 16.4. The fourth-order valence-electron chi connectivity index (χ4n) is 11.3. The molecule has 0 saturated carbocycles. The van der Waals surface area contributed by atoms with Crippen molar-refractivity contribution in [3.8, 4) is 67.4 Å². The van der Waals surface area contributed by atoms with Crippen molar-refractivity contribution < 1.29 is 8.83 Å². The Hall–Kier alpha value is -10.0. The molecule has 6 heteroatoms. The fraction of sp³-hybridized carbons (Fsp3) is 0.0423. The Bertz CT molecular complexity index is 4230. The molecule has 366 valence electrons. The van der Waals surface area contributed by atoms with Gasteiger partial charge in [0.1, 0.15) is 11.0 Å². The van der Waals surface area contributed by atoms with Crippen LogP contribution in [0.15, 0.2) is 276 Å². The van der Waals surface area contributed by atoms with E-state index in [0.717, 1.165) is 95.3 Å². The molecular weight excluding hydrogens is 941 g/mol. The number of oxazole rings is 2. The summed E-state index contributed by atoms with van der Waals surface area (Å²) in [5, 5.41) is 0. The lowest BCUT2D eigenvalue weighted by Crippen LogP contribution is -2.17. The van der Waals surface area contributed by atoms with E-state index in [9.17, 15) is 0 Å². The second-order valence-electron chi connectivity index (χ2n) is 20.2. The van der Waals surface area contributed by atoms with Gasteiger partial charge in [-0.25, -0.2) is 9.97 Å². The first kappa shape index (κ1) is 45.6. The predicted octanol–water partition coefficient (Wildman–Crippen LogP) is 19.5. The highest BCUT2D eigenvalue weighted by Crippen LogP contribution is 2.53. The van der Waals surface area contributed by atoms with Crippen molar-refractivity contribution in [3.63, 3.8) is 0 Å². The molecule has 0 amide bonds. The van der Waals surface area contributed by atoms with E-state index in [1.165, 1.54) is 27.8 Å². The number of anilines is 6. The predicted molar refractivity (Wildman–Crippen MR) is 316 cm³/mol. The van der Waals surface area contributed by atoms with Crippen LogP contribution in [0, 0.1) is 0 Å². The van der Waals surface area contributed by atoms with E-state index in [0.29, 0.717) is 11.8 Å². The SMILES string of the molecule is CC1(C)c2cc(-c3ccc(N(c4ccc(-c5nc6ccccc6o5)cc4)c4ccccc4-c4ccccc4)cc3)ccc2-c2ccc(N(c3ccc(-c4nc5ccccc5o4)cc3)c3ccccc3-c3ccccc3)cc21. The van der Waals surface area contributed by atoms with Gasteiger partial charge in [-0.1, -0.05) is 166 Å². The third-order valence-electron chi connectivity index (χ3n) is 15.2. The van der Waals surface area contributed by atoms with Gasteiger partial charge in [0, 0.05) is 50.4 Å². The summed E-state index contributed by atoms with van der Waals surface area (Å²) in [4.78, 5) is 14.3. The maximum atomic E-state index is 6.20. The van der Waals surface area contributed by atoms with Crippen molar-refractivity contribution >= 4 is 56.3 Å². The van der Waals surface area contributed by atoms with Crippen LogP contribution in [0.25, 0.3) is 89.6 Å². The van der Waals surface area contributed by atoms with E-state index in [1.54, 1.807) is 0 Å². The van der Waals surface area contributed by atoms with Crippen LogP contribution in [0.3, 0.4) is 0 Å². The van der Waals surface area contributed by atoms with Crippen molar-refractivity contribution in [1.82, 2.24) is 9.97 Å². The summed E-state index contributed by atoms with van der Waals surface area (Å²) in [6.45, 7) is 4.73. The summed E-state index contributed by atoms with van der Waals surface area (Å²) in [5.41, 5.74) is 23.2. The summed E-state index contributed by atoms with van der Waals surface area (Å²) < 4.78 is 12.4. The van der Waals surface area contributed by atoms with Crippen LogP contribution in [-0.2, 0) is 5.41 Å². The first-order chi connectivity index (χ1) is 37.9. The molecule has 14 rings (SSSR count). The zero-order valence-corrected chi connectivity index (χ0v) is 42.5. The average Bonchev–Trinajstić information content (AvgIpc) is 4.20. The van der Waals surface area contributed by atoms with Crippen LogP contribution in [0.5, 0.6) is 0 Å². The van der Waals surface area contributed by atoms with Gasteiger partial charge in [0.05, 0.1) is 11.4 Å². The lowest BCUT2D eigenvalue weighted by Gasteiger charge is -2.30. The molecule has 1 aliphatic carbocycles. The summed E-state index contributed by atoms with van der Waals surface area (Å²) in [6, 6.07) is 94.4. The number of hydrogen-bond donors (Lipinski definition) is 0. The number of para-hydroxylation sites is 6. The molecule has 0 aliphatic heterocycles. The van der Waals surface area contributed by atoms with Crippen LogP contribution in [0.1, 0.15) is 25.0 Å². The largest absolute Gasteiger partial charge is 0.436 e. The molecule has 0 spiro atoms. The number of rotatable bonds is 11. The van der Waals surface area contributed by atoms with Gasteiger partial charge in [0.2, 0.25) is 11.8 Å². The van der Waals surface area contributed by atoms with Gasteiger partial charge in [-0.05, 0) is 160 Å². The van der Waals surface area contributed by atoms with E-state index in [4.69, 9.17) is 18.8 Å². The standard InChI is InChI=1S/C71H50N4O2/c1-71(2)61-45-52(47-29-36-53(37-30-47)74(65-25-13-9-21-57(65)48-17-5-3-6-18-48)54-38-31-50(32-39-54)69-72-63-23-11-15-27-67(63)76-69)35-43-59(61)60-44-42-56(46-62(60)71)75(66-26-14-10-22-58(66)49-19-7-4-8-20-49)55-40-33-51(34-41-55)70-73-64-24-12-16-28-68(64)77-70/h3-46H,1-2H3. The molecule has 77 heavy (non-hydrogen) atoms. The Labute approximate surface area is 447 Å². The number of nitrogens with zero attached hydrogens (tertiary/aromatic N) is 4. The summed E-state index contributed by atoms with van der Waals surface area (Å²) in [6.07, 6.45) is 0. The third-order valence-corrected chi connectivity index (χ3v) is 15.2. The van der Waals surface area contributed by atoms with E-state index in [1.807, 2.05) is 48.5 Å². The Kier molecular flexibility index (Phi) is 11.1. The van der Waals surface area contributed by atoms with E-state index < -0.39 is 0 Å². The molecule has 13 aromatic rings. The monoisotopic (exact) mass is 990 g/mol. The number of hydrogen-bond acceptors (Lipinski definition) is 6. The number of benzene rings is 11. The number of aromatic nitrogens is 2. The Morgan fingerprint density at radius 3 is 1.17 bits per heavy atom. The molecule has 0 radical (unpaired) electrons. The maximum absolute atomic E-state index is 6.20. The summed E-state index contributed by atoms with van der Waals surface area (Å²) in [7, 11) is 0. The smallest absolute Gasteiger partial charge is 0.227 e. The van der Waals surface area contributed by atoms with Crippen LogP contribution in [0.2, 0.25) is 0 Å². The highest BCUT2D eigenvalue weighted by molar-refractivity contribution is 5.93. The molecule has 0 unspecified atom stereocenters. The number of fused-ring (bicyclic) bond motifs is 5. The van der Waals surface area contributed by atoms with E-state index in [2.05, 4.69) is 242 Å². The Balaban J connectivity index is 0.811. The van der Waals surface area contributed by atoms with Crippen molar-refractivity contribution in [2.45, 2.75) is 19.3 Å². The zero-order chi connectivity index (χ0) is 51.5. The molecule has 6 nitrogen and oxygen atoms in total. The summed E-state index contributed by atoms with van der Waals surface area (Å²) in [5.74, 6) is 1.21. The second-order valence-corrected chi connectivity index (χ2v) is 20.2. The summed E-state index contributed by atoms with van der Waals surface area (Å²) >= 11 is 0. The van der Waals surface area contributed by atoms with Crippen molar-refractivity contribution in [3.05, 3.63) is 278 Å². The molecular formula is C71H50N4O2. The van der Waals surface area contributed by atoms with Crippen molar-refractivity contribution in [2.24, 2.45) is 0 Å². The van der Waals surface area contributed by atoms with Crippen LogP contribution >= 0.6 is 0 Å². The maximum Gasteiger partial charge on any atom is 0.227 e. The molecule has 2 heterocycles. The topological polar surface area (TPSA) is 58.5 Å². The first-order valence-corrected chi connectivity index (χ1v) is 26.1. The molecule has 0 bridgehead atoms. The fourth-order valence-corrected chi connectivity index (χ4v) is 11.3. The zero-order valence-electron chi connectivity index (χ0n) is 42.5. The molecule has 0 atom stereocenters. The van der Waals surface area contributed by atoms with Crippen molar-refractivity contribution in [2.75, 3.05) is 9.80 Å². The van der Waals surface area contributed by atoms with Gasteiger partial charge in [0.25, 0.3) is 0 Å². The minimum absolute atomic E-state index is 0.292. The van der Waals surface area contributed by atoms with Crippen LogP contribution < -0.4 is 9.80 Å². The van der Waals surface area contributed by atoms with E-state index >= 15 is 0 Å². The Morgan fingerprint density at radius 2 is 0.675 bits per heavy atom. The van der Waals surface area contributed by atoms with Gasteiger partial charge in [-0.3, -0.25) is 0 Å². The first-order valence-electron chi connectivity index (χ1n) is 26.1. The van der Waals surface area contributed by atoms with Crippen LogP contribution in [0.4, 0.5) is 34.1 Å². The minimum atomic E-state index is -0.292. The van der Waals surface area contributed by atoms with Gasteiger partial charge < -0.3 is 18.6 Å². The van der Waals surface area contributed by atoms with Crippen LogP contribution in [-0.4, -0.2) is 9.97 Å². The normalized spacial score (nSPS) is 12.4. The second kappa shape index (κ2) is 18.7. The quantitative estimate of drug-likeness (QED) is 0.129. The minimum Gasteiger partial charge on any atom is -0.436 e. The average molecular weight is 991 g/mol. The highest BCUT2D eigenvalue weighted by Gasteiger charge is 2.36. The lowest BCUT2D eigenvalue weighted by molar-refractivity contribution is 0.619. The lowest BCUT2D eigenvalue weighted by atomic mass is 9.81. The van der Waals surface area contributed by atoms with Gasteiger partial charge in [-0.2, -0.15) is 0 Å². The molecule has 0 fully saturated rings. The third kappa shape index (κ3) is 8.15. The van der Waals surface area contributed by atoms with Gasteiger partial charge in [0.15, 0.2) is 11.2 Å². The van der Waals surface area contributed by atoms with E-state index in [-0.39, 0.29) is 5.41 Å². The molecule has 1 aliphatic rings. The van der Waals surface area contributed by atoms with Gasteiger partial charge in [-0.15, -0.1) is 0 Å². The Morgan fingerprint density at radius 1 is 0.299 bits per heavy atom. The molecule has 2 aromatic heterocycles. The van der Waals surface area contributed by atoms with Crippen molar-refractivity contribution in [1.29, 1.82) is 0 Å². The molecule has 0 N–H and O–H groups in total. The van der Waals surface area contributed by atoms with Gasteiger partial charge >= 0.3 is 0 Å². The molecule has 0 saturated heterocycles. The molecule has 11 aromatic carbocycles.